The van der Waals surface area contributed by atoms with Crippen LogP contribution in [0.5, 0.6) is 0 Å². The van der Waals surface area contributed by atoms with Crippen molar-refractivity contribution in [3.05, 3.63) is 30.3 Å². The van der Waals surface area contributed by atoms with Crippen molar-refractivity contribution >= 4 is 0 Å². The summed E-state index contributed by atoms with van der Waals surface area (Å²) in [6, 6.07) is 2.91. The molecule has 1 atom stereocenters. The van der Waals surface area contributed by atoms with Crippen LogP contribution in [0.3, 0.4) is 0 Å². The van der Waals surface area contributed by atoms with Crippen molar-refractivity contribution in [1.82, 2.24) is 10.3 Å². The molecule has 1 aromatic rings. The van der Waals surface area contributed by atoms with Gasteiger partial charge in [-0.1, -0.05) is 0 Å². The van der Waals surface area contributed by atoms with E-state index >= 15 is 0 Å². The Morgan fingerprint density at radius 1 is 1.54 bits per heavy atom. The van der Waals surface area contributed by atoms with E-state index in [4.69, 9.17) is 0 Å². The smallest absolute Gasteiger partial charge is 0.141 e. The molecule has 0 bridgehead atoms. The predicted octanol–water partition coefficient (Wildman–Crippen LogP) is 1.54. The Bertz CT molecular complexity index is 222. The van der Waals surface area contributed by atoms with Crippen LogP contribution in [0, 0.1) is 5.82 Å². The standard InChI is InChI=1S/C5H4FN.C4H8FN/c6-5-2-1-3-7-4-5;5-4-1-2-6-3-4/h1-4H;4,6H,1-3H2. The molecular weight excluding hydrogens is 174 g/mol. The number of hydrogen-bond acceptors (Lipinski definition) is 2. The number of pyridine rings is 1. The first-order chi connectivity index (χ1) is 6.29. The van der Waals surface area contributed by atoms with E-state index in [0.717, 1.165) is 6.54 Å². The van der Waals surface area contributed by atoms with Crippen molar-refractivity contribution in [2.45, 2.75) is 12.6 Å². The van der Waals surface area contributed by atoms with Gasteiger partial charge in [-0.2, -0.15) is 0 Å². The fourth-order valence-electron chi connectivity index (χ4n) is 0.961. The molecule has 1 saturated heterocycles. The van der Waals surface area contributed by atoms with Crippen molar-refractivity contribution in [3.63, 3.8) is 0 Å². The Labute approximate surface area is 76.0 Å². The zero-order chi connectivity index (χ0) is 9.52. The molecule has 0 saturated carbocycles. The summed E-state index contributed by atoms with van der Waals surface area (Å²) in [6.45, 7) is 1.43. The van der Waals surface area contributed by atoms with Crippen LogP contribution < -0.4 is 5.32 Å². The van der Waals surface area contributed by atoms with E-state index in [1.54, 1.807) is 6.07 Å². The van der Waals surface area contributed by atoms with Crippen molar-refractivity contribution in [1.29, 1.82) is 0 Å². The van der Waals surface area contributed by atoms with Gasteiger partial charge in [0.2, 0.25) is 0 Å². The summed E-state index contributed by atoms with van der Waals surface area (Å²) in [5.74, 6) is -0.289. The van der Waals surface area contributed by atoms with Gasteiger partial charge in [0.05, 0.1) is 6.20 Å². The average molecular weight is 186 g/mol. The highest BCUT2D eigenvalue weighted by molar-refractivity contribution is 4.92. The molecular formula is C9H12F2N2. The number of rotatable bonds is 0. The highest BCUT2D eigenvalue weighted by Crippen LogP contribution is 1.99. The van der Waals surface area contributed by atoms with Gasteiger partial charge in [0.15, 0.2) is 0 Å². The van der Waals surface area contributed by atoms with E-state index in [1.807, 2.05) is 0 Å². The molecule has 72 valence electrons. The van der Waals surface area contributed by atoms with Gasteiger partial charge in [-0.25, -0.2) is 8.78 Å². The summed E-state index contributed by atoms with van der Waals surface area (Å²) in [5, 5.41) is 2.90. The predicted molar refractivity (Wildman–Crippen MR) is 46.6 cm³/mol. The maximum atomic E-state index is 11.9. The van der Waals surface area contributed by atoms with Gasteiger partial charge in [-0.3, -0.25) is 4.98 Å². The van der Waals surface area contributed by atoms with Gasteiger partial charge in [0, 0.05) is 12.7 Å². The van der Waals surface area contributed by atoms with Crippen molar-refractivity contribution in [2.24, 2.45) is 0 Å². The van der Waals surface area contributed by atoms with Crippen molar-refractivity contribution in [3.8, 4) is 0 Å². The lowest BCUT2D eigenvalue weighted by molar-refractivity contribution is 0.361. The number of alkyl halides is 1. The normalized spacial score (nSPS) is 20.6. The number of hydrogen-bond donors (Lipinski definition) is 1. The SMILES string of the molecule is FC1CCNC1.Fc1cccnc1. The fraction of sp³-hybridized carbons (Fsp3) is 0.444. The van der Waals surface area contributed by atoms with E-state index in [9.17, 15) is 8.78 Å². The van der Waals surface area contributed by atoms with Gasteiger partial charge >= 0.3 is 0 Å². The third-order valence-electron chi connectivity index (χ3n) is 1.63. The molecule has 1 aliphatic rings. The number of nitrogens with one attached hydrogen (secondary N) is 1. The van der Waals surface area contributed by atoms with Crippen LogP contribution in [0.4, 0.5) is 8.78 Å². The lowest BCUT2D eigenvalue weighted by atomic mass is 10.4. The largest absolute Gasteiger partial charge is 0.314 e. The monoisotopic (exact) mass is 186 g/mol. The first-order valence-corrected chi connectivity index (χ1v) is 4.19. The molecule has 2 heterocycles. The van der Waals surface area contributed by atoms with Crippen LogP contribution in [0.2, 0.25) is 0 Å². The molecule has 13 heavy (non-hydrogen) atoms. The summed E-state index contributed by atoms with van der Waals surface area (Å²) in [7, 11) is 0. The topological polar surface area (TPSA) is 24.9 Å². The van der Waals surface area contributed by atoms with Crippen LogP contribution in [-0.4, -0.2) is 24.2 Å². The highest BCUT2D eigenvalue weighted by atomic mass is 19.1. The summed E-state index contributed by atoms with van der Waals surface area (Å²) >= 11 is 0. The lowest BCUT2D eigenvalue weighted by Gasteiger charge is -1.86. The molecule has 4 heteroatoms. The van der Waals surface area contributed by atoms with Gasteiger partial charge in [-0.05, 0) is 25.1 Å². The van der Waals surface area contributed by atoms with Gasteiger partial charge < -0.3 is 5.32 Å². The van der Waals surface area contributed by atoms with Crippen LogP contribution in [0.1, 0.15) is 6.42 Å². The molecule has 1 fully saturated rings. The zero-order valence-corrected chi connectivity index (χ0v) is 7.21. The summed E-state index contributed by atoms with van der Waals surface area (Å²) < 4.78 is 23.7. The van der Waals surface area contributed by atoms with Crippen LogP contribution in [0.15, 0.2) is 24.5 Å². The first kappa shape index (κ1) is 10.1. The molecule has 0 radical (unpaired) electrons. The number of nitrogens with zero attached hydrogens (tertiary/aromatic N) is 1. The molecule has 0 spiro atoms. The van der Waals surface area contributed by atoms with Crippen LogP contribution in [-0.2, 0) is 0 Å². The van der Waals surface area contributed by atoms with Gasteiger partial charge in [0.25, 0.3) is 0 Å². The summed E-state index contributed by atoms with van der Waals surface area (Å²) in [4.78, 5) is 3.51. The van der Waals surface area contributed by atoms with E-state index in [-0.39, 0.29) is 5.82 Å². The molecule has 1 unspecified atom stereocenters. The first-order valence-electron chi connectivity index (χ1n) is 4.19. The van der Waals surface area contributed by atoms with Crippen molar-refractivity contribution < 1.29 is 8.78 Å². The molecule has 2 rings (SSSR count). The van der Waals surface area contributed by atoms with E-state index in [2.05, 4.69) is 10.3 Å². The molecule has 1 aliphatic heterocycles. The minimum absolute atomic E-state index is 0.289. The second-order valence-corrected chi connectivity index (χ2v) is 2.76. The van der Waals surface area contributed by atoms with Crippen LogP contribution >= 0.6 is 0 Å². The third kappa shape index (κ3) is 4.52. The fourth-order valence-corrected chi connectivity index (χ4v) is 0.961. The molecule has 2 nitrogen and oxygen atoms in total. The molecule has 0 amide bonds. The summed E-state index contributed by atoms with van der Waals surface area (Å²) in [6.07, 6.45) is 2.84. The average Bonchev–Trinajstić information content (AvgIpc) is 2.58. The van der Waals surface area contributed by atoms with Crippen molar-refractivity contribution in [2.75, 3.05) is 13.1 Å². The number of halogens is 2. The minimum Gasteiger partial charge on any atom is -0.314 e. The van der Waals surface area contributed by atoms with Gasteiger partial charge in [-0.15, -0.1) is 0 Å². The molecule has 1 aromatic heterocycles. The van der Waals surface area contributed by atoms with E-state index in [1.165, 1.54) is 18.5 Å². The summed E-state index contributed by atoms with van der Waals surface area (Å²) in [5.41, 5.74) is 0. The Morgan fingerprint density at radius 2 is 2.38 bits per heavy atom. The minimum atomic E-state index is -0.565. The maximum Gasteiger partial charge on any atom is 0.141 e. The molecule has 1 N–H and O–H groups in total. The Morgan fingerprint density at radius 3 is 2.62 bits per heavy atom. The lowest BCUT2D eigenvalue weighted by Crippen LogP contribution is -2.08. The maximum absolute atomic E-state index is 11.9. The second-order valence-electron chi connectivity index (χ2n) is 2.76. The van der Waals surface area contributed by atoms with E-state index in [0.29, 0.717) is 13.0 Å². The van der Waals surface area contributed by atoms with Crippen LogP contribution in [0.25, 0.3) is 0 Å². The van der Waals surface area contributed by atoms with Gasteiger partial charge in [0.1, 0.15) is 12.0 Å². The Hall–Kier alpha value is -1.03. The highest BCUT2D eigenvalue weighted by Gasteiger charge is 2.10. The Kier molecular flexibility index (Phi) is 4.32. The second kappa shape index (κ2) is 5.59. The third-order valence-corrected chi connectivity index (χ3v) is 1.63. The quantitative estimate of drug-likeness (QED) is 0.664. The zero-order valence-electron chi connectivity index (χ0n) is 7.21. The van der Waals surface area contributed by atoms with E-state index < -0.39 is 6.17 Å². The Balaban J connectivity index is 0.000000132. The number of aromatic nitrogens is 1. The molecule has 0 aliphatic carbocycles. The molecule has 0 aromatic carbocycles.